The van der Waals surface area contributed by atoms with Crippen LogP contribution in [0.15, 0.2) is 23.3 Å². The normalized spacial score (nSPS) is 16.2. The first-order valence-electron chi connectivity index (χ1n) is 9.44. The number of aromatic nitrogens is 1. The van der Waals surface area contributed by atoms with Crippen LogP contribution in [0.25, 0.3) is 0 Å². The third kappa shape index (κ3) is 8.93. The number of nitrogens with one attached hydrogen (secondary N) is 2. The lowest BCUT2D eigenvalue weighted by molar-refractivity contribution is -0.154. The van der Waals surface area contributed by atoms with Crippen LogP contribution < -0.4 is 15.4 Å². The van der Waals surface area contributed by atoms with Crippen molar-refractivity contribution in [1.82, 2.24) is 15.6 Å². The molecule has 1 aliphatic carbocycles. The molecule has 0 bridgehead atoms. The molecule has 1 aromatic heterocycles. The zero-order chi connectivity index (χ0) is 20.5. The highest BCUT2D eigenvalue weighted by Crippen LogP contribution is 2.40. The van der Waals surface area contributed by atoms with E-state index in [1.54, 1.807) is 26.3 Å². The SMILES string of the molecule is CN=C(NCc1cccnc1OCC(F)(F)F)NCC1(CCOC)CCCC1.I. The van der Waals surface area contributed by atoms with Crippen LogP contribution in [0.4, 0.5) is 13.2 Å². The molecule has 0 aromatic carbocycles. The summed E-state index contributed by atoms with van der Waals surface area (Å²) < 4.78 is 47.3. The summed E-state index contributed by atoms with van der Waals surface area (Å²) in [5.41, 5.74) is 0.729. The Bertz CT molecular complexity index is 638. The number of aliphatic imine (C=N–C) groups is 1. The first kappa shape index (κ1) is 25.7. The largest absolute Gasteiger partial charge is 0.468 e. The highest BCUT2D eigenvalue weighted by molar-refractivity contribution is 14.0. The molecule has 0 radical (unpaired) electrons. The lowest BCUT2D eigenvalue weighted by Crippen LogP contribution is -2.43. The van der Waals surface area contributed by atoms with E-state index >= 15 is 0 Å². The maximum atomic E-state index is 12.4. The Morgan fingerprint density at radius 2 is 2.00 bits per heavy atom. The molecule has 1 fully saturated rings. The van der Waals surface area contributed by atoms with Gasteiger partial charge in [0.25, 0.3) is 0 Å². The molecule has 2 N–H and O–H groups in total. The first-order chi connectivity index (χ1) is 13.4. The quantitative estimate of drug-likeness (QED) is 0.288. The Kier molecular flexibility index (Phi) is 11.0. The lowest BCUT2D eigenvalue weighted by atomic mass is 9.83. The van der Waals surface area contributed by atoms with E-state index in [0.717, 1.165) is 32.4 Å². The van der Waals surface area contributed by atoms with E-state index in [0.29, 0.717) is 11.5 Å². The smallest absolute Gasteiger partial charge is 0.422 e. The number of hydrogen-bond acceptors (Lipinski definition) is 4. The Labute approximate surface area is 187 Å². The van der Waals surface area contributed by atoms with Gasteiger partial charge < -0.3 is 20.1 Å². The summed E-state index contributed by atoms with van der Waals surface area (Å²) in [5, 5.41) is 6.48. The second kappa shape index (κ2) is 12.4. The summed E-state index contributed by atoms with van der Waals surface area (Å²) in [6.45, 7) is 0.390. The van der Waals surface area contributed by atoms with Gasteiger partial charge in [0, 0.05) is 45.6 Å². The van der Waals surface area contributed by atoms with Gasteiger partial charge in [0.1, 0.15) is 0 Å². The van der Waals surface area contributed by atoms with Crippen molar-refractivity contribution in [3.8, 4) is 5.88 Å². The van der Waals surface area contributed by atoms with Crippen LogP contribution in [0.5, 0.6) is 5.88 Å². The third-order valence-electron chi connectivity index (χ3n) is 5.02. The third-order valence-corrected chi connectivity index (χ3v) is 5.02. The van der Waals surface area contributed by atoms with Gasteiger partial charge in [0.05, 0.1) is 0 Å². The van der Waals surface area contributed by atoms with E-state index in [9.17, 15) is 13.2 Å². The van der Waals surface area contributed by atoms with Gasteiger partial charge in [-0.2, -0.15) is 13.2 Å². The van der Waals surface area contributed by atoms with Gasteiger partial charge in [0.15, 0.2) is 12.6 Å². The number of pyridine rings is 1. The minimum absolute atomic E-state index is 0. The van der Waals surface area contributed by atoms with Crippen molar-refractivity contribution in [3.05, 3.63) is 23.9 Å². The zero-order valence-corrected chi connectivity index (χ0v) is 19.2. The number of hydrogen-bond donors (Lipinski definition) is 2. The van der Waals surface area contributed by atoms with E-state index in [1.165, 1.54) is 19.0 Å². The zero-order valence-electron chi connectivity index (χ0n) is 16.8. The molecular weight excluding hydrogens is 500 g/mol. The summed E-state index contributed by atoms with van der Waals surface area (Å²) in [7, 11) is 3.37. The minimum atomic E-state index is -4.41. The molecule has 0 unspecified atom stereocenters. The molecule has 166 valence electrons. The van der Waals surface area contributed by atoms with Crippen molar-refractivity contribution in [3.63, 3.8) is 0 Å². The number of ether oxygens (including phenoxy) is 2. The van der Waals surface area contributed by atoms with E-state index in [1.807, 2.05) is 0 Å². The first-order valence-corrected chi connectivity index (χ1v) is 9.44. The molecule has 1 heterocycles. The van der Waals surface area contributed by atoms with Crippen molar-refractivity contribution in [2.24, 2.45) is 10.4 Å². The van der Waals surface area contributed by atoms with Crippen molar-refractivity contribution in [2.45, 2.75) is 44.8 Å². The van der Waals surface area contributed by atoms with Crippen LogP contribution in [0, 0.1) is 5.41 Å². The second-order valence-corrected chi connectivity index (χ2v) is 7.10. The average molecular weight is 530 g/mol. The van der Waals surface area contributed by atoms with Gasteiger partial charge in [-0.15, -0.1) is 24.0 Å². The monoisotopic (exact) mass is 530 g/mol. The molecular formula is C19H30F3IN4O2. The standard InChI is InChI=1S/C19H29F3N4O2.HI/c1-23-17(26-13-18(9-11-27-2)7-3-4-8-18)25-12-15-6-5-10-24-16(15)28-14-19(20,21)22;/h5-6,10H,3-4,7-9,11-14H2,1-2H3,(H2,23,25,26);1H. The Morgan fingerprint density at radius 1 is 1.28 bits per heavy atom. The number of alkyl halides is 3. The van der Waals surface area contributed by atoms with Crippen molar-refractivity contribution in [2.75, 3.05) is 33.9 Å². The fraction of sp³-hybridized carbons (Fsp3) is 0.684. The topological polar surface area (TPSA) is 67.8 Å². The van der Waals surface area contributed by atoms with Gasteiger partial charge in [-0.3, -0.25) is 4.99 Å². The molecule has 0 amide bonds. The van der Waals surface area contributed by atoms with Gasteiger partial charge in [-0.1, -0.05) is 18.9 Å². The molecule has 10 heteroatoms. The molecule has 6 nitrogen and oxygen atoms in total. The number of halogens is 4. The Hall–Kier alpha value is -1.30. The summed E-state index contributed by atoms with van der Waals surface area (Å²) in [4.78, 5) is 8.12. The summed E-state index contributed by atoms with van der Waals surface area (Å²) >= 11 is 0. The second-order valence-electron chi connectivity index (χ2n) is 7.10. The van der Waals surface area contributed by atoms with Crippen LogP contribution in [-0.2, 0) is 11.3 Å². The van der Waals surface area contributed by atoms with Crippen molar-refractivity contribution < 1.29 is 22.6 Å². The number of methoxy groups -OCH3 is 1. The molecule has 1 aromatic rings. The fourth-order valence-electron chi connectivity index (χ4n) is 3.47. The maximum absolute atomic E-state index is 12.4. The predicted molar refractivity (Wildman–Crippen MR) is 117 cm³/mol. The minimum Gasteiger partial charge on any atom is -0.468 e. The van der Waals surface area contributed by atoms with Crippen LogP contribution >= 0.6 is 24.0 Å². The molecule has 2 rings (SSSR count). The van der Waals surface area contributed by atoms with Crippen LogP contribution in [0.1, 0.15) is 37.7 Å². The van der Waals surface area contributed by atoms with Crippen LogP contribution in [0.3, 0.4) is 0 Å². The maximum Gasteiger partial charge on any atom is 0.422 e. The molecule has 1 saturated carbocycles. The average Bonchev–Trinajstić information content (AvgIpc) is 3.14. The molecule has 0 atom stereocenters. The van der Waals surface area contributed by atoms with Crippen molar-refractivity contribution >= 4 is 29.9 Å². The summed E-state index contributed by atoms with van der Waals surface area (Å²) in [6.07, 6.45) is 2.72. The number of guanidine groups is 1. The Balaban J connectivity index is 0.00000420. The highest BCUT2D eigenvalue weighted by atomic mass is 127. The van der Waals surface area contributed by atoms with Gasteiger partial charge in [0.2, 0.25) is 5.88 Å². The fourth-order valence-corrected chi connectivity index (χ4v) is 3.47. The van der Waals surface area contributed by atoms with E-state index < -0.39 is 12.8 Å². The van der Waals surface area contributed by atoms with E-state index in [-0.39, 0.29) is 41.8 Å². The van der Waals surface area contributed by atoms with Crippen LogP contribution in [-0.4, -0.2) is 51.0 Å². The molecule has 1 aliphatic rings. The number of nitrogens with zero attached hydrogens (tertiary/aromatic N) is 2. The molecule has 0 aliphatic heterocycles. The van der Waals surface area contributed by atoms with E-state index in [4.69, 9.17) is 9.47 Å². The Morgan fingerprint density at radius 3 is 2.62 bits per heavy atom. The summed E-state index contributed by atoms with van der Waals surface area (Å²) in [6, 6.07) is 3.34. The van der Waals surface area contributed by atoms with Crippen LogP contribution in [0.2, 0.25) is 0 Å². The molecule has 0 saturated heterocycles. The van der Waals surface area contributed by atoms with Gasteiger partial charge in [-0.25, -0.2) is 4.98 Å². The number of rotatable bonds is 9. The highest BCUT2D eigenvalue weighted by Gasteiger charge is 2.33. The lowest BCUT2D eigenvalue weighted by Gasteiger charge is -2.30. The van der Waals surface area contributed by atoms with Crippen molar-refractivity contribution in [1.29, 1.82) is 0 Å². The molecule has 0 spiro atoms. The van der Waals surface area contributed by atoms with E-state index in [2.05, 4.69) is 20.6 Å². The molecule has 29 heavy (non-hydrogen) atoms. The van der Waals surface area contributed by atoms with Gasteiger partial charge in [-0.05, 0) is 30.7 Å². The summed E-state index contributed by atoms with van der Waals surface area (Å²) in [5.74, 6) is 0.560. The predicted octanol–water partition coefficient (Wildman–Crippen LogP) is 3.90. The van der Waals surface area contributed by atoms with Gasteiger partial charge >= 0.3 is 6.18 Å².